The average Bonchev–Trinajstić information content (AvgIpc) is 3.50. The first-order valence-corrected chi connectivity index (χ1v) is 14.8. The number of aryl methyl sites for hydroxylation is 1. The van der Waals surface area contributed by atoms with Crippen LogP contribution in [0.2, 0.25) is 0 Å². The molecule has 12 heteroatoms. The van der Waals surface area contributed by atoms with Gasteiger partial charge in [0.1, 0.15) is 11.4 Å². The Morgan fingerprint density at radius 2 is 1.72 bits per heavy atom. The van der Waals surface area contributed by atoms with Crippen molar-refractivity contribution in [3.8, 4) is 5.69 Å². The Morgan fingerprint density at radius 3 is 2.38 bits per heavy atom. The molecule has 2 aromatic heterocycles. The van der Waals surface area contributed by atoms with Crippen LogP contribution < -0.4 is 5.32 Å². The van der Waals surface area contributed by atoms with Gasteiger partial charge >= 0.3 is 5.97 Å². The number of hydrogen-bond donors (Lipinski definition) is 1. The van der Waals surface area contributed by atoms with Crippen molar-refractivity contribution in [2.45, 2.75) is 18.7 Å². The lowest BCUT2D eigenvalue weighted by Crippen LogP contribution is -2.49. The first-order valence-electron chi connectivity index (χ1n) is 12.5. The summed E-state index contributed by atoms with van der Waals surface area (Å²) in [5.41, 5.74) is 2.27. The summed E-state index contributed by atoms with van der Waals surface area (Å²) in [4.78, 5) is 27.6. The molecule has 0 saturated carbocycles. The van der Waals surface area contributed by atoms with Crippen molar-refractivity contribution in [1.82, 2.24) is 19.0 Å². The van der Waals surface area contributed by atoms with E-state index >= 15 is 0 Å². The van der Waals surface area contributed by atoms with Crippen LogP contribution in [0, 0.1) is 6.92 Å². The highest BCUT2D eigenvalue weighted by Gasteiger charge is 2.28. The number of piperazine rings is 1. The molecule has 1 fully saturated rings. The number of thiophene rings is 1. The summed E-state index contributed by atoms with van der Waals surface area (Å²) in [5, 5.41) is 8.40. The molecule has 2 aromatic carbocycles. The smallest absolute Gasteiger partial charge is 0.302 e. The number of hydrogen-bond acceptors (Lipinski definition) is 8. The fraction of sp³-hybridized carbons (Fsp3) is 0.296. The summed E-state index contributed by atoms with van der Waals surface area (Å²) >= 11 is 1.36. The van der Waals surface area contributed by atoms with E-state index in [1.54, 1.807) is 12.1 Å². The van der Waals surface area contributed by atoms with Crippen LogP contribution >= 0.6 is 11.3 Å². The van der Waals surface area contributed by atoms with Crippen molar-refractivity contribution < 1.29 is 22.7 Å². The van der Waals surface area contributed by atoms with Crippen LogP contribution in [-0.4, -0.2) is 78.6 Å². The van der Waals surface area contributed by atoms with E-state index in [4.69, 9.17) is 4.74 Å². The second kappa shape index (κ2) is 11.3. The first-order chi connectivity index (χ1) is 18.7. The van der Waals surface area contributed by atoms with E-state index in [9.17, 15) is 18.0 Å². The Hall–Kier alpha value is -3.58. The second-order valence-corrected chi connectivity index (χ2v) is 12.2. The molecule has 0 unspecified atom stereocenters. The van der Waals surface area contributed by atoms with Crippen LogP contribution in [0.1, 0.15) is 22.3 Å². The average molecular weight is 568 g/mol. The number of esters is 1. The summed E-state index contributed by atoms with van der Waals surface area (Å²) in [7, 11) is -3.66. The number of nitrogens with one attached hydrogen (secondary N) is 1. The Labute approximate surface area is 230 Å². The number of amides is 1. The second-order valence-electron chi connectivity index (χ2n) is 9.23. The molecule has 0 spiro atoms. The summed E-state index contributed by atoms with van der Waals surface area (Å²) < 4.78 is 34.6. The van der Waals surface area contributed by atoms with Crippen LogP contribution in [0.3, 0.4) is 0 Å². The molecular formula is C27H29N5O5S2. The largest absolute Gasteiger partial charge is 0.465 e. The molecule has 0 bridgehead atoms. The highest BCUT2D eigenvalue weighted by Crippen LogP contribution is 2.31. The maximum Gasteiger partial charge on any atom is 0.302 e. The lowest BCUT2D eigenvalue weighted by Gasteiger charge is -2.33. The van der Waals surface area contributed by atoms with Crippen LogP contribution in [0.25, 0.3) is 15.9 Å². The number of sulfonamides is 1. The van der Waals surface area contributed by atoms with Crippen molar-refractivity contribution >= 4 is 49.1 Å². The molecule has 10 nitrogen and oxygen atoms in total. The van der Waals surface area contributed by atoms with E-state index in [0.717, 1.165) is 21.6 Å². The van der Waals surface area contributed by atoms with E-state index in [0.29, 0.717) is 49.9 Å². The molecule has 39 heavy (non-hydrogen) atoms. The molecule has 1 N–H and O–H groups in total. The fourth-order valence-electron chi connectivity index (χ4n) is 4.47. The summed E-state index contributed by atoms with van der Waals surface area (Å²) in [6.45, 7) is 5.98. The SMILES string of the molecule is CC(=O)OCCN1CCN(S(=O)(=O)c2ccc(NC(=O)c3cc4c(C)nn(-c5ccccc5)c4s3)cc2)CC1. The molecule has 1 saturated heterocycles. The lowest BCUT2D eigenvalue weighted by molar-refractivity contribution is -0.141. The van der Waals surface area contributed by atoms with Gasteiger partial charge in [0.05, 0.1) is 21.2 Å². The molecule has 204 valence electrons. The molecule has 4 aromatic rings. The molecule has 0 aliphatic carbocycles. The Morgan fingerprint density at radius 1 is 1.03 bits per heavy atom. The predicted octanol–water partition coefficient (Wildman–Crippen LogP) is 3.52. The van der Waals surface area contributed by atoms with Crippen molar-refractivity contribution in [3.63, 3.8) is 0 Å². The van der Waals surface area contributed by atoms with Crippen molar-refractivity contribution in [3.05, 3.63) is 71.2 Å². The van der Waals surface area contributed by atoms with E-state index in [1.165, 1.54) is 34.7 Å². The minimum atomic E-state index is -3.66. The maximum absolute atomic E-state index is 13.1. The Balaban J connectivity index is 1.23. The van der Waals surface area contributed by atoms with Gasteiger partial charge in [-0.3, -0.25) is 14.5 Å². The van der Waals surface area contributed by atoms with Gasteiger partial charge in [-0.15, -0.1) is 11.3 Å². The minimum Gasteiger partial charge on any atom is -0.465 e. The number of ether oxygens (including phenoxy) is 1. The van der Waals surface area contributed by atoms with Gasteiger partial charge < -0.3 is 10.1 Å². The topological polar surface area (TPSA) is 114 Å². The number of carbonyl (C=O) groups excluding carboxylic acids is 2. The van der Waals surface area contributed by atoms with Gasteiger partial charge in [-0.1, -0.05) is 18.2 Å². The van der Waals surface area contributed by atoms with E-state index in [2.05, 4.69) is 15.3 Å². The zero-order valence-corrected chi connectivity index (χ0v) is 23.3. The van der Waals surface area contributed by atoms with Gasteiger partial charge in [-0.05, 0) is 49.4 Å². The molecule has 0 atom stereocenters. The summed E-state index contributed by atoms with van der Waals surface area (Å²) in [6, 6.07) is 17.8. The molecule has 0 radical (unpaired) electrons. The number of rotatable bonds is 8. The third-order valence-electron chi connectivity index (χ3n) is 6.56. The van der Waals surface area contributed by atoms with Crippen LogP contribution in [0.15, 0.2) is 65.6 Å². The van der Waals surface area contributed by atoms with E-state index < -0.39 is 10.0 Å². The molecular weight excluding hydrogens is 538 g/mol. The molecule has 1 amide bonds. The van der Waals surface area contributed by atoms with E-state index in [-0.39, 0.29) is 16.8 Å². The zero-order chi connectivity index (χ0) is 27.6. The maximum atomic E-state index is 13.1. The monoisotopic (exact) mass is 567 g/mol. The standard InChI is InChI=1S/C27H29N5O5S2/c1-19-24-18-25(38-27(24)32(29-19)22-6-4-3-5-7-22)26(34)28-21-8-10-23(11-9-21)39(35,36)31-14-12-30(13-15-31)16-17-37-20(2)33/h3-11,18H,12-17H2,1-2H3,(H,28,34). The summed E-state index contributed by atoms with van der Waals surface area (Å²) in [6.07, 6.45) is 0. The minimum absolute atomic E-state index is 0.175. The Kier molecular flexibility index (Phi) is 7.80. The van der Waals surface area contributed by atoms with Gasteiger partial charge in [-0.25, -0.2) is 13.1 Å². The summed E-state index contributed by atoms with van der Waals surface area (Å²) in [5.74, 6) is -0.593. The molecule has 1 aliphatic heterocycles. The third kappa shape index (κ3) is 5.88. The number of nitrogens with zero attached hydrogens (tertiary/aromatic N) is 4. The predicted molar refractivity (Wildman–Crippen MR) is 150 cm³/mol. The molecule has 1 aliphatic rings. The highest BCUT2D eigenvalue weighted by molar-refractivity contribution is 7.89. The van der Waals surface area contributed by atoms with Gasteiger partial charge in [0.2, 0.25) is 10.0 Å². The van der Waals surface area contributed by atoms with Crippen LogP contribution in [0.4, 0.5) is 5.69 Å². The normalized spacial score (nSPS) is 14.9. The van der Waals surface area contributed by atoms with Crippen molar-refractivity contribution in [2.24, 2.45) is 0 Å². The fourth-order valence-corrected chi connectivity index (χ4v) is 6.97. The number of benzene rings is 2. The van der Waals surface area contributed by atoms with Gasteiger partial charge in [0.25, 0.3) is 5.91 Å². The van der Waals surface area contributed by atoms with Gasteiger partial charge in [-0.2, -0.15) is 9.40 Å². The van der Waals surface area contributed by atoms with Crippen molar-refractivity contribution in [2.75, 3.05) is 44.6 Å². The van der Waals surface area contributed by atoms with E-state index in [1.807, 2.05) is 48.0 Å². The van der Waals surface area contributed by atoms with Crippen molar-refractivity contribution in [1.29, 1.82) is 0 Å². The zero-order valence-electron chi connectivity index (χ0n) is 21.7. The number of para-hydroxylation sites is 1. The lowest BCUT2D eigenvalue weighted by atomic mass is 10.3. The van der Waals surface area contributed by atoms with Crippen LogP contribution in [0.5, 0.6) is 0 Å². The molecule has 5 rings (SSSR count). The van der Waals surface area contributed by atoms with Gasteiger partial charge in [0.15, 0.2) is 0 Å². The quantitative estimate of drug-likeness (QED) is 0.324. The number of carbonyl (C=O) groups is 2. The van der Waals surface area contributed by atoms with Gasteiger partial charge in [0, 0.05) is 50.7 Å². The first kappa shape index (κ1) is 27.0. The Bertz CT molecular complexity index is 1590. The molecule has 3 heterocycles. The van der Waals surface area contributed by atoms with Crippen LogP contribution in [-0.2, 0) is 19.6 Å². The number of fused-ring (bicyclic) bond motifs is 1. The third-order valence-corrected chi connectivity index (χ3v) is 9.59. The number of aromatic nitrogens is 2. The highest BCUT2D eigenvalue weighted by atomic mass is 32.2. The number of anilines is 1.